The molecule has 0 aliphatic carbocycles. The molecule has 0 fully saturated rings. The predicted molar refractivity (Wildman–Crippen MR) is 122 cm³/mol. The van der Waals surface area contributed by atoms with Gasteiger partial charge in [-0.25, -0.2) is 0 Å². The number of amides is 1. The average Bonchev–Trinajstić information content (AvgIpc) is 3.22. The number of thioether (sulfide) groups is 1. The molecule has 0 radical (unpaired) electrons. The van der Waals surface area contributed by atoms with Gasteiger partial charge in [0, 0.05) is 18.3 Å². The Hall–Kier alpha value is -3.33. The summed E-state index contributed by atoms with van der Waals surface area (Å²) >= 11 is 1.28. The zero-order valence-electron chi connectivity index (χ0n) is 17.4. The van der Waals surface area contributed by atoms with Gasteiger partial charge in [0.25, 0.3) is 5.56 Å². The number of methoxy groups -OCH3 is 1. The van der Waals surface area contributed by atoms with Crippen LogP contribution in [0.4, 0.5) is 5.69 Å². The number of carbonyl (C=O) groups excluding carboxylic acids is 1. The van der Waals surface area contributed by atoms with Crippen LogP contribution in [-0.4, -0.2) is 37.9 Å². The van der Waals surface area contributed by atoms with Crippen LogP contribution in [0.5, 0.6) is 5.75 Å². The molecule has 1 amide bonds. The van der Waals surface area contributed by atoms with E-state index < -0.39 is 0 Å². The Morgan fingerprint density at radius 3 is 2.81 bits per heavy atom. The summed E-state index contributed by atoms with van der Waals surface area (Å²) < 4.78 is 8.71. The summed E-state index contributed by atoms with van der Waals surface area (Å²) in [5.74, 6) is 1.15. The van der Waals surface area contributed by atoms with Crippen molar-refractivity contribution in [1.82, 2.24) is 19.2 Å². The topological polar surface area (TPSA) is 90.5 Å². The molecule has 0 aliphatic heterocycles. The first-order valence-corrected chi connectivity index (χ1v) is 11.0. The number of carbonyl (C=O) groups is 1. The Labute approximate surface area is 183 Å². The van der Waals surface area contributed by atoms with Crippen LogP contribution in [0, 0.1) is 0 Å². The van der Waals surface area contributed by atoms with E-state index in [1.165, 1.54) is 11.8 Å². The Balaban J connectivity index is 1.63. The van der Waals surface area contributed by atoms with Gasteiger partial charge in [-0.2, -0.15) is 0 Å². The van der Waals surface area contributed by atoms with Crippen molar-refractivity contribution < 1.29 is 9.53 Å². The molecule has 2 aromatic carbocycles. The molecule has 9 heteroatoms. The second-order valence-electron chi connectivity index (χ2n) is 7.01. The summed E-state index contributed by atoms with van der Waals surface area (Å²) in [6, 6.07) is 14.6. The van der Waals surface area contributed by atoms with Crippen molar-refractivity contribution >= 4 is 40.0 Å². The largest absolute Gasteiger partial charge is 0.497 e. The SMILES string of the molecule is CCCCn1c(=O)c2ccccc2n2c(SCC(=O)Nc3cccc(OC)c3)nnc12. The van der Waals surface area contributed by atoms with E-state index >= 15 is 0 Å². The molecule has 31 heavy (non-hydrogen) atoms. The van der Waals surface area contributed by atoms with E-state index in [0.29, 0.717) is 34.3 Å². The van der Waals surface area contributed by atoms with E-state index in [1.54, 1.807) is 23.8 Å². The molecule has 0 spiro atoms. The molecule has 0 aliphatic rings. The van der Waals surface area contributed by atoms with Crippen molar-refractivity contribution in [3.05, 3.63) is 58.9 Å². The molecule has 2 aromatic heterocycles. The lowest BCUT2D eigenvalue weighted by molar-refractivity contribution is -0.113. The van der Waals surface area contributed by atoms with Crippen LogP contribution in [0.1, 0.15) is 19.8 Å². The standard InChI is InChI=1S/C22H23N5O3S/c1-3-4-12-26-20(29)17-10-5-6-11-18(17)27-21(26)24-25-22(27)31-14-19(28)23-15-8-7-9-16(13-15)30-2/h5-11,13H,3-4,12,14H2,1-2H3,(H,23,28). The minimum absolute atomic E-state index is 0.0729. The molecular weight excluding hydrogens is 414 g/mol. The fraction of sp³-hybridized carbons (Fsp3) is 0.273. The van der Waals surface area contributed by atoms with E-state index in [0.717, 1.165) is 18.4 Å². The number of ether oxygens (including phenoxy) is 1. The first-order valence-electron chi connectivity index (χ1n) is 10.1. The zero-order chi connectivity index (χ0) is 21.8. The van der Waals surface area contributed by atoms with Crippen molar-refractivity contribution in [2.75, 3.05) is 18.2 Å². The Morgan fingerprint density at radius 1 is 1.16 bits per heavy atom. The minimum atomic E-state index is -0.168. The number of hydrogen-bond donors (Lipinski definition) is 1. The minimum Gasteiger partial charge on any atom is -0.497 e. The zero-order valence-corrected chi connectivity index (χ0v) is 18.2. The van der Waals surface area contributed by atoms with Crippen LogP contribution in [-0.2, 0) is 11.3 Å². The summed E-state index contributed by atoms with van der Waals surface area (Å²) in [4.78, 5) is 25.5. The van der Waals surface area contributed by atoms with E-state index in [-0.39, 0.29) is 17.2 Å². The number of nitrogens with one attached hydrogen (secondary N) is 1. The average molecular weight is 438 g/mol. The highest BCUT2D eigenvalue weighted by Gasteiger charge is 2.17. The molecular formula is C22H23N5O3S. The van der Waals surface area contributed by atoms with Gasteiger partial charge in [0.05, 0.1) is 23.8 Å². The summed E-state index contributed by atoms with van der Waals surface area (Å²) in [6.07, 6.45) is 1.83. The number of unbranched alkanes of at least 4 members (excludes halogenated alkanes) is 1. The fourth-order valence-electron chi connectivity index (χ4n) is 3.37. The summed E-state index contributed by atoms with van der Waals surface area (Å²) in [6.45, 7) is 2.65. The predicted octanol–water partition coefficient (Wildman–Crippen LogP) is 3.58. The summed E-state index contributed by atoms with van der Waals surface area (Å²) in [5.41, 5.74) is 1.32. The fourth-order valence-corrected chi connectivity index (χ4v) is 4.11. The van der Waals surface area contributed by atoms with Crippen molar-refractivity contribution in [3.8, 4) is 5.75 Å². The molecule has 0 saturated heterocycles. The number of rotatable bonds is 8. The van der Waals surface area contributed by atoms with Crippen molar-refractivity contribution in [3.63, 3.8) is 0 Å². The van der Waals surface area contributed by atoms with Crippen molar-refractivity contribution in [2.45, 2.75) is 31.5 Å². The first-order chi connectivity index (χ1) is 15.1. The van der Waals surface area contributed by atoms with E-state index in [1.807, 2.05) is 40.8 Å². The van der Waals surface area contributed by atoms with Crippen LogP contribution in [0.2, 0.25) is 0 Å². The van der Waals surface area contributed by atoms with Gasteiger partial charge in [-0.1, -0.05) is 43.3 Å². The lowest BCUT2D eigenvalue weighted by atomic mass is 10.2. The van der Waals surface area contributed by atoms with Crippen molar-refractivity contribution in [1.29, 1.82) is 0 Å². The van der Waals surface area contributed by atoms with Gasteiger partial charge >= 0.3 is 0 Å². The van der Waals surface area contributed by atoms with Gasteiger partial charge in [-0.05, 0) is 30.7 Å². The lowest BCUT2D eigenvalue weighted by Crippen LogP contribution is -2.23. The van der Waals surface area contributed by atoms with Gasteiger partial charge in [-0.3, -0.25) is 18.6 Å². The molecule has 8 nitrogen and oxygen atoms in total. The second kappa shape index (κ2) is 9.22. The number of nitrogens with zero attached hydrogens (tertiary/aromatic N) is 4. The first kappa shape index (κ1) is 20.9. The third-order valence-corrected chi connectivity index (χ3v) is 5.83. The number of fused-ring (bicyclic) bond motifs is 3. The molecule has 0 atom stereocenters. The smallest absolute Gasteiger partial charge is 0.262 e. The highest BCUT2D eigenvalue weighted by Crippen LogP contribution is 2.22. The normalized spacial score (nSPS) is 11.2. The number of benzene rings is 2. The third kappa shape index (κ3) is 4.27. The maximum Gasteiger partial charge on any atom is 0.262 e. The molecule has 0 unspecified atom stereocenters. The van der Waals surface area contributed by atoms with Crippen LogP contribution >= 0.6 is 11.8 Å². The quantitative estimate of drug-likeness (QED) is 0.424. The number of anilines is 1. The highest BCUT2D eigenvalue weighted by atomic mass is 32.2. The van der Waals surface area contributed by atoms with Crippen LogP contribution in [0.25, 0.3) is 16.7 Å². The highest BCUT2D eigenvalue weighted by molar-refractivity contribution is 7.99. The van der Waals surface area contributed by atoms with Gasteiger partial charge in [-0.15, -0.1) is 10.2 Å². The molecule has 4 rings (SSSR count). The number of hydrogen-bond acceptors (Lipinski definition) is 6. The monoisotopic (exact) mass is 437 g/mol. The van der Waals surface area contributed by atoms with Crippen LogP contribution in [0.3, 0.4) is 0 Å². The molecule has 160 valence electrons. The second-order valence-corrected chi connectivity index (χ2v) is 7.96. The Morgan fingerprint density at radius 2 is 2.00 bits per heavy atom. The third-order valence-electron chi connectivity index (χ3n) is 4.90. The van der Waals surface area contributed by atoms with Gasteiger partial charge in [0.1, 0.15) is 5.75 Å². The maximum atomic E-state index is 13.0. The number of aryl methyl sites for hydroxylation is 1. The molecule has 4 aromatic rings. The molecule has 0 saturated carbocycles. The Kier molecular flexibility index (Phi) is 6.22. The van der Waals surface area contributed by atoms with Crippen LogP contribution in [0.15, 0.2) is 58.5 Å². The molecule has 1 N–H and O–H groups in total. The Bertz CT molecular complexity index is 1300. The van der Waals surface area contributed by atoms with E-state index in [4.69, 9.17) is 4.74 Å². The maximum absolute atomic E-state index is 13.0. The van der Waals surface area contributed by atoms with Gasteiger partial charge in [0.15, 0.2) is 5.16 Å². The molecule has 0 bridgehead atoms. The number of aromatic nitrogens is 4. The van der Waals surface area contributed by atoms with E-state index in [2.05, 4.69) is 22.4 Å². The summed E-state index contributed by atoms with van der Waals surface area (Å²) in [5, 5.41) is 12.6. The van der Waals surface area contributed by atoms with Gasteiger partial charge in [0.2, 0.25) is 11.7 Å². The number of para-hydroxylation sites is 1. The van der Waals surface area contributed by atoms with Crippen molar-refractivity contribution in [2.24, 2.45) is 0 Å². The molecule has 2 heterocycles. The summed E-state index contributed by atoms with van der Waals surface area (Å²) in [7, 11) is 1.58. The van der Waals surface area contributed by atoms with Crippen LogP contribution < -0.4 is 15.6 Å². The van der Waals surface area contributed by atoms with E-state index in [9.17, 15) is 9.59 Å². The van der Waals surface area contributed by atoms with Gasteiger partial charge < -0.3 is 10.1 Å². The lowest BCUT2D eigenvalue weighted by Gasteiger charge is -2.11.